The van der Waals surface area contributed by atoms with Gasteiger partial charge in [0.05, 0.1) is 31.8 Å². The molecule has 0 unspecified atom stereocenters. The van der Waals surface area contributed by atoms with Gasteiger partial charge in [-0.05, 0) is 48.8 Å². The van der Waals surface area contributed by atoms with Crippen molar-refractivity contribution >= 4 is 18.3 Å². The summed E-state index contributed by atoms with van der Waals surface area (Å²) in [4.78, 5) is 15.9. The number of carbonyl (C=O) groups excluding carboxylic acids is 1. The first-order valence-electron chi connectivity index (χ1n) is 15.9. The fourth-order valence-electron chi connectivity index (χ4n) is 5.87. The van der Waals surface area contributed by atoms with Crippen molar-refractivity contribution in [2.75, 3.05) is 72.9 Å². The Balaban J connectivity index is 0.00000882. The minimum Gasteiger partial charge on any atom is -0.490 e. The van der Waals surface area contributed by atoms with Crippen LogP contribution in [0, 0.1) is 17.3 Å². The van der Waals surface area contributed by atoms with Gasteiger partial charge in [-0.3, -0.25) is 9.69 Å². The lowest BCUT2D eigenvalue weighted by Gasteiger charge is -2.40. The first-order chi connectivity index (χ1) is 19.8. The first kappa shape index (κ1) is 38.4. The number of rotatable bonds is 22. The van der Waals surface area contributed by atoms with Gasteiger partial charge >= 0.3 is 0 Å². The molecule has 1 aromatic carbocycles. The molecule has 42 heavy (non-hydrogen) atoms. The van der Waals surface area contributed by atoms with E-state index < -0.39 is 0 Å². The molecule has 1 aliphatic heterocycles. The highest BCUT2D eigenvalue weighted by Crippen LogP contribution is 2.41. The summed E-state index contributed by atoms with van der Waals surface area (Å²) in [6, 6.07) is 6.18. The van der Waals surface area contributed by atoms with Crippen molar-refractivity contribution in [2.45, 2.75) is 79.1 Å². The number of hydrogen-bond donors (Lipinski definition) is 2. The van der Waals surface area contributed by atoms with Gasteiger partial charge in [0.2, 0.25) is 5.91 Å². The first-order valence-corrected chi connectivity index (χ1v) is 15.9. The van der Waals surface area contributed by atoms with Gasteiger partial charge in [0.1, 0.15) is 0 Å². The molecular weight excluding hydrogens is 556 g/mol. The Morgan fingerprint density at radius 2 is 1.62 bits per heavy atom. The van der Waals surface area contributed by atoms with Crippen molar-refractivity contribution in [3.05, 3.63) is 23.8 Å². The molecule has 9 heteroatoms. The van der Waals surface area contributed by atoms with Gasteiger partial charge in [-0.15, -0.1) is 12.4 Å². The normalized spacial score (nSPS) is 14.2. The van der Waals surface area contributed by atoms with Gasteiger partial charge in [-0.2, -0.15) is 0 Å². The zero-order valence-corrected chi connectivity index (χ0v) is 27.8. The third kappa shape index (κ3) is 13.0. The van der Waals surface area contributed by atoms with Crippen LogP contribution in [0.25, 0.3) is 0 Å². The van der Waals surface area contributed by atoms with Crippen LogP contribution < -0.4 is 14.8 Å². The second kappa shape index (κ2) is 22.0. The molecule has 2 rings (SSSR count). The number of nitrogens with zero attached hydrogens (tertiary/aromatic N) is 1. The van der Waals surface area contributed by atoms with Crippen molar-refractivity contribution in [2.24, 2.45) is 17.3 Å². The molecule has 0 radical (unpaired) electrons. The Labute approximate surface area is 261 Å². The maximum atomic E-state index is 13.6. The zero-order valence-electron chi connectivity index (χ0n) is 27.0. The number of methoxy groups -OCH3 is 1. The van der Waals surface area contributed by atoms with Crippen LogP contribution in [0.4, 0.5) is 0 Å². The van der Waals surface area contributed by atoms with Gasteiger partial charge in [-0.25, -0.2) is 0 Å². The Hall–Kier alpha value is -1.58. The summed E-state index contributed by atoms with van der Waals surface area (Å²) >= 11 is 0. The number of benzene rings is 1. The van der Waals surface area contributed by atoms with Gasteiger partial charge < -0.3 is 29.4 Å². The molecular formula is C33H59ClN2O6. The number of halogens is 1. The number of aliphatic hydroxyl groups is 1. The van der Waals surface area contributed by atoms with E-state index in [1.54, 1.807) is 7.11 Å². The number of hydrogen-bond acceptors (Lipinski definition) is 7. The van der Waals surface area contributed by atoms with E-state index in [0.717, 1.165) is 89.3 Å². The minimum absolute atomic E-state index is 0. The predicted octanol–water partition coefficient (Wildman–Crippen LogP) is 5.52. The van der Waals surface area contributed by atoms with E-state index >= 15 is 0 Å². The number of amides is 1. The van der Waals surface area contributed by atoms with Crippen LogP contribution >= 0.6 is 12.4 Å². The Kier molecular flexibility index (Phi) is 20.1. The molecule has 1 fully saturated rings. The summed E-state index contributed by atoms with van der Waals surface area (Å²) < 4.78 is 22.4. The van der Waals surface area contributed by atoms with E-state index in [-0.39, 0.29) is 42.2 Å². The summed E-state index contributed by atoms with van der Waals surface area (Å²) in [6.07, 6.45) is 7.70. The number of morpholine rings is 1. The monoisotopic (exact) mass is 614 g/mol. The lowest BCUT2D eigenvalue weighted by Crippen LogP contribution is -2.50. The third-order valence-corrected chi connectivity index (χ3v) is 8.42. The maximum absolute atomic E-state index is 13.6. The van der Waals surface area contributed by atoms with Crippen LogP contribution in [0.15, 0.2) is 18.2 Å². The average Bonchev–Trinajstić information content (AvgIpc) is 2.96. The van der Waals surface area contributed by atoms with Crippen LogP contribution in [-0.2, 0) is 20.7 Å². The van der Waals surface area contributed by atoms with E-state index in [9.17, 15) is 4.79 Å². The molecule has 0 spiro atoms. The van der Waals surface area contributed by atoms with Crippen LogP contribution in [0.5, 0.6) is 11.5 Å². The van der Waals surface area contributed by atoms with Crippen LogP contribution in [-0.4, -0.2) is 88.8 Å². The molecule has 0 aliphatic carbocycles. The molecule has 0 aromatic heterocycles. The van der Waals surface area contributed by atoms with Crippen molar-refractivity contribution in [1.29, 1.82) is 0 Å². The van der Waals surface area contributed by atoms with E-state index in [0.29, 0.717) is 32.8 Å². The fraction of sp³-hybridized carbons (Fsp3) is 0.788. The molecule has 0 bridgehead atoms. The second-order valence-corrected chi connectivity index (χ2v) is 11.9. The van der Waals surface area contributed by atoms with Crippen molar-refractivity contribution in [3.8, 4) is 11.5 Å². The molecule has 1 aromatic rings. The Bertz CT molecular complexity index is 840. The van der Waals surface area contributed by atoms with E-state index in [4.69, 9.17) is 24.1 Å². The highest BCUT2D eigenvalue weighted by atomic mass is 35.5. The SMILES string of the molecule is COCCCOc1cc(CCCCCCC(C(=O)NCCN2CCOCC2)(C(C)C)C(C)C)ccc1OCCCO.Cl. The topological polar surface area (TPSA) is 89.5 Å². The lowest BCUT2D eigenvalue weighted by atomic mass is 9.65. The number of carbonyl (C=O) groups is 1. The molecule has 1 amide bonds. The average molecular weight is 615 g/mol. The third-order valence-electron chi connectivity index (χ3n) is 8.42. The molecule has 1 saturated heterocycles. The molecule has 0 atom stereocenters. The molecule has 0 saturated carbocycles. The summed E-state index contributed by atoms with van der Waals surface area (Å²) in [5.41, 5.74) is 0.894. The maximum Gasteiger partial charge on any atom is 0.226 e. The Morgan fingerprint density at radius 3 is 2.29 bits per heavy atom. The highest BCUT2D eigenvalue weighted by Gasteiger charge is 2.43. The summed E-state index contributed by atoms with van der Waals surface area (Å²) in [5, 5.41) is 12.4. The quantitative estimate of drug-likeness (QED) is 0.166. The predicted molar refractivity (Wildman–Crippen MR) is 172 cm³/mol. The second-order valence-electron chi connectivity index (χ2n) is 11.9. The Morgan fingerprint density at radius 1 is 0.952 bits per heavy atom. The summed E-state index contributed by atoms with van der Waals surface area (Å²) in [6.45, 7) is 15.6. The van der Waals surface area contributed by atoms with Gasteiger partial charge in [-0.1, -0.05) is 53.0 Å². The summed E-state index contributed by atoms with van der Waals surface area (Å²) in [7, 11) is 1.69. The fourth-order valence-corrected chi connectivity index (χ4v) is 5.87. The van der Waals surface area contributed by atoms with Crippen molar-refractivity contribution < 1.29 is 28.8 Å². The largest absolute Gasteiger partial charge is 0.490 e. The van der Waals surface area contributed by atoms with Crippen molar-refractivity contribution in [1.82, 2.24) is 10.2 Å². The molecule has 1 heterocycles. The van der Waals surface area contributed by atoms with Gasteiger partial charge in [0.15, 0.2) is 11.5 Å². The van der Waals surface area contributed by atoms with E-state index in [1.165, 1.54) is 5.56 Å². The number of aliphatic hydroxyl groups excluding tert-OH is 1. The summed E-state index contributed by atoms with van der Waals surface area (Å²) in [5.74, 6) is 2.27. The van der Waals surface area contributed by atoms with Gasteiger partial charge in [0.25, 0.3) is 0 Å². The number of ether oxygens (including phenoxy) is 4. The number of unbranched alkanes of at least 4 members (excludes halogenated alkanes) is 3. The van der Waals surface area contributed by atoms with E-state index in [1.807, 2.05) is 6.07 Å². The van der Waals surface area contributed by atoms with Crippen molar-refractivity contribution in [3.63, 3.8) is 0 Å². The van der Waals surface area contributed by atoms with E-state index in [2.05, 4.69) is 50.0 Å². The zero-order chi connectivity index (χ0) is 29.9. The molecule has 2 N–H and O–H groups in total. The number of aryl methyl sites for hydroxylation is 1. The van der Waals surface area contributed by atoms with Crippen LogP contribution in [0.3, 0.4) is 0 Å². The standard InChI is InChI=1S/C33H58N2O6.ClH/c1-27(2)33(28(3)4,32(37)34-16-17-35-18-24-39-25-19-35)15-9-7-6-8-12-29-13-14-30(40-22-10-20-36)31(26-29)41-23-11-21-38-5;/h13-14,26-28,36H,6-12,15-25H2,1-5H3,(H,34,37);1H. The molecule has 1 aliphatic rings. The minimum atomic E-state index is -0.341. The van der Waals surface area contributed by atoms with Gasteiger partial charge in [0, 0.05) is 59.3 Å². The van der Waals surface area contributed by atoms with Crippen LogP contribution in [0.2, 0.25) is 0 Å². The lowest BCUT2D eigenvalue weighted by molar-refractivity contribution is -0.138. The number of nitrogens with one attached hydrogen (secondary N) is 1. The molecule has 8 nitrogen and oxygen atoms in total. The highest BCUT2D eigenvalue weighted by molar-refractivity contribution is 5.85. The smallest absolute Gasteiger partial charge is 0.226 e. The molecule has 244 valence electrons. The van der Waals surface area contributed by atoms with Crippen LogP contribution in [0.1, 0.15) is 78.2 Å².